The quantitative estimate of drug-likeness (QED) is 0.147. The lowest BCUT2D eigenvalue weighted by Gasteiger charge is -2.16. The molecule has 45 heavy (non-hydrogen) atoms. The average molecular weight is 579 g/mol. The second-order valence-corrected chi connectivity index (χ2v) is 11.8. The van der Waals surface area contributed by atoms with Gasteiger partial charge < -0.3 is 0 Å². The van der Waals surface area contributed by atoms with Crippen molar-refractivity contribution in [1.29, 1.82) is 0 Å². The summed E-state index contributed by atoms with van der Waals surface area (Å²) >= 11 is 0. The fourth-order valence-electron chi connectivity index (χ4n) is 6.96. The lowest BCUT2D eigenvalue weighted by molar-refractivity contribution is 1.09. The van der Waals surface area contributed by atoms with E-state index >= 15 is 0 Å². The van der Waals surface area contributed by atoms with Crippen molar-refractivity contribution in [3.05, 3.63) is 150 Å². The minimum absolute atomic E-state index is 1.03. The summed E-state index contributed by atoms with van der Waals surface area (Å²) in [6.45, 7) is 4.19. The van der Waals surface area contributed by atoms with E-state index in [9.17, 15) is 0 Å². The maximum Gasteiger partial charge on any atom is 0.100 e. The number of rotatable bonds is 5. The van der Waals surface area contributed by atoms with Crippen LogP contribution in [0.5, 0.6) is 0 Å². The number of allylic oxidation sites excluding steroid dienone is 4. The predicted octanol–water partition coefficient (Wildman–Crippen LogP) is 10.0. The van der Waals surface area contributed by atoms with Crippen molar-refractivity contribution < 1.29 is 0 Å². The van der Waals surface area contributed by atoms with E-state index in [0.717, 1.165) is 29.6 Å². The normalized spacial score (nSPS) is 13.3. The van der Waals surface area contributed by atoms with E-state index in [4.69, 9.17) is 4.98 Å². The first-order valence-corrected chi connectivity index (χ1v) is 15.8. The molecular weight excluding hydrogens is 544 g/mol. The first-order chi connectivity index (χ1) is 22.2. The molecular formula is C43H34N2. The Kier molecular flexibility index (Phi) is 6.76. The molecule has 6 aromatic carbocycles. The number of fused-ring (bicyclic) bond motifs is 7. The highest BCUT2D eigenvalue weighted by atomic mass is 15.1. The molecule has 0 saturated carbocycles. The minimum Gasteiger partial charge on any atom is -0.298 e. The average Bonchev–Trinajstić information content (AvgIpc) is 3.56. The second kappa shape index (κ2) is 11.2. The summed E-state index contributed by atoms with van der Waals surface area (Å²) in [6, 6.07) is 40.0. The van der Waals surface area contributed by atoms with Gasteiger partial charge in [-0.15, -0.1) is 0 Å². The maximum atomic E-state index is 5.01. The van der Waals surface area contributed by atoms with Crippen LogP contribution in [0.3, 0.4) is 0 Å². The Morgan fingerprint density at radius 1 is 0.622 bits per heavy atom. The minimum atomic E-state index is 1.03. The number of hydrogen-bond donors (Lipinski definition) is 0. The van der Waals surface area contributed by atoms with E-state index in [0.29, 0.717) is 0 Å². The third-order valence-electron chi connectivity index (χ3n) is 9.18. The monoisotopic (exact) mass is 578 g/mol. The van der Waals surface area contributed by atoms with Gasteiger partial charge in [0.2, 0.25) is 0 Å². The van der Waals surface area contributed by atoms with Gasteiger partial charge in [0, 0.05) is 16.3 Å². The highest BCUT2D eigenvalue weighted by Gasteiger charge is 2.17. The highest BCUT2D eigenvalue weighted by molar-refractivity contribution is 6.23. The summed E-state index contributed by atoms with van der Waals surface area (Å²) in [5.41, 5.74) is 10.5. The van der Waals surface area contributed by atoms with Crippen LogP contribution in [-0.4, -0.2) is 9.55 Å². The van der Waals surface area contributed by atoms with Crippen LogP contribution in [0.15, 0.2) is 134 Å². The Balaban J connectivity index is 1.28. The fraction of sp³-hybridized carbons (Fsp3) is 0.0930. The first kappa shape index (κ1) is 27.1. The van der Waals surface area contributed by atoms with Crippen molar-refractivity contribution in [1.82, 2.24) is 9.55 Å². The molecule has 216 valence electrons. The molecule has 0 spiro atoms. The molecule has 2 heteroatoms. The Morgan fingerprint density at radius 2 is 1.22 bits per heavy atom. The maximum absolute atomic E-state index is 5.01. The predicted molar refractivity (Wildman–Crippen MR) is 193 cm³/mol. The van der Waals surface area contributed by atoms with E-state index in [1.165, 1.54) is 65.4 Å². The molecule has 0 aliphatic heterocycles. The zero-order valence-electron chi connectivity index (χ0n) is 25.7. The van der Waals surface area contributed by atoms with Gasteiger partial charge in [0.1, 0.15) is 6.33 Å². The third-order valence-corrected chi connectivity index (χ3v) is 9.18. The molecule has 1 heterocycles. The third kappa shape index (κ3) is 4.62. The molecule has 1 aliphatic rings. The first-order valence-electron chi connectivity index (χ1n) is 15.8. The van der Waals surface area contributed by atoms with Gasteiger partial charge in [0.25, 0.3) is 0 Å². The van der Waals surface area contributed by atoms with Crippen LogP contribution < -0.4 is 10.4 Å². The molecule has 7 aromatic rings. The highest BCUT2D eigenvalue weighted by Crippen LogP contribution is 2.38. The zero-order valence-corrected chi connectivity index (χ0v) is 25.7. The van der Waals surface area contributed by atoms with Crippen molar-refractivity contribution in [3.63, 3.8) is 0 Å². The molecule has 0 bridgehead atoms. The number of hydrogen-bond acceptors (Lipinski definition) is 1. The van der Waals surface area contributed by atoms with Crippen molar-refractivity contribution in [2.45, 2.75) is 26.7 Å². The topological polar surface area (TPSA) is 17.8 Å². The Morgan fingerprint density at radius 3 is 1.93 bits per heavy atom. The molecule has 1 aliphatic carbocycles. The molecule has 1 aromatic heterocycles. The SMILES string of the molecule is C/C=C\C(=C\C)c1cc(-c2ccc(-c3ccc4c(c3)=CCCC=4)cc2)ccc1-n1cnc2c3ccccc3c3ccccc3c21. The van der Waals surface area contributed by atoms with Crippen LogP contribution in [0.2, 0.25) is 0 Å². The van der Waals surface area contributed by atoms with Crippen LogP contribution in [0.1, 0.15) is 32.3 Å². The molecule has 0 saturated heterocycles. The molecule has 0 radical (unpaired) electrons. The van der Waals surface area contributed by atoms with Crippen molar-refractivity contribution in [2.24, 2.45) is 0 Å². The van der Waals surface area contributed by atoms with Crippen molar-refractivity contribution in [3.8, 4) is 27.9 Å². The van der Waals surface area contributed by atoms with Gasteiger partial charge in [-0.3, -0.25) is 4.57 Å². The van der Waals surface area contributed by atoms with Crippen molar-refractivity contribution >= 4 is 50.3 Å². The Hall–Kier alpha value is -5.47. The smallest absolute Gasteiger partial charge is 0.100 e. The number of benzene rings is 6. The van der Waals surface area contributed by atoms with Crippen molar-refractivity contribution in [2.75, 3.05) is 0 Å². The fourth-order valence-corrected chi connectivity index (χ4v) is 6.96. The largest absolute Gasteiger partial charge is 0.298 e. The summed E-state index contributed by atoms with van der Waals surface area (Å²) in [6.07, 6.45) is 15.5. The number of imidazole rings is 1. The van der Waals surface area contributed by atoms with Gasteiger partial charge in [-0.25, -0.2) is 4.98 Å². The van der Waals surface area contributed by atoms with E-state index in [2.05, 4.69) is 158 Å². The zero-order chi connectivity index (χ0) is 30.3. The van der Waals surface area contributed by atoms with Gasteiger partial charge in [0.15, 0.2) is 0 Å². The molecule has 8 rings (SSSR count). The summed E-state index contributed by atoms with van der Waals surface area (Å²) in [5, 5.41) is 7.56. The van der Waals surface area contributed by atoms with Crippen LogP contribution >= 0.6 is 0 Å². The van der Waals surface area contributed by atoms with Crippen LogP contribution in [0.25, 0.3) is 78.2 Å². The molecule has 0 N–H and O–H groups in total. The lowest BCUT2D eigenvalue weighted by Crippen LogP contribution is -2.26. The van der Waals surface area contributed by atoms with Crippen LogP contribution in [-0.2, 0) is 0 Å². The van der Waals surface area contributed by atoms with Gasteiger partial charge in [-0.1, -0.05) is 121 Å². The molecule has 0 unspecified atom stereocenters. The molecule has 0 fully saturated rings. The van der Waals surface area contributed by atoms with Crippen LogP contribution in [0.4, 0.5) is 0 Å². The Bertz CT molecular complexity index is 2440. The van der Waals surface area contributed by atoms with Gasteiger partial charge in [-0.05, 0) is 93.9 Å². The number of nitrogens with zero attached hydrogens (tertiary/aromatic N) is 2. The van der Waals surface area contributed by atoms with E-state index in [-0.39, 0.29) is 0 Å². The standard InChI is InChI=1S/C43H34N2/c1-3-11-29(4-2)40-27-35(32-20-18-31(19-21-32)34-23-22-30-12-5-6-13-33(30)26-34)24-25-41(40)45-28-44-42-38-16-9-7-14-36(38)37-15-8-10-17-39(37)43(42)45/h3-4,7-28H,5-6H2,1-2H3/b11-3-,29-4-. The van der Waals surface area contributed by atoms with E-state index < -0.39 is 0 Å². The lowest BCUT2D eigenvalue weighted by atomic mass is 9.94. The Labute approximate surface area is 263 Å². The van der Waals surface area contributed by atoms with Gasteiger partial charge in [0.05, 0.1) is 16.7 Å². The molecule has 0 amide bonds. The number of aromatic nitrogens is 2. The molecule has 2 nitrogen and oxygen atoms in total. The summed E-state index contributed by atoms with van der Waals surface area (Å²) in [7, 11) is 0. The van der Waals surface area contributed by atoms with E-state index in [1.807, 2.05) is 6.33 Å². The summed E-state index contributed by atoms with van der Waals surface area (Å²) in [5.74, 6) is 0. The second-order valence-electron chi connectivity index (χ2n) is 11.8. The summed E-state index contributed by atoms with van der Waals surface area (Å²) in [4.78, 5) is 5.01. The molecule has 0 atom stereocenters. The summed E-state index contributed by atoms with van der Waals surface area (Å²) < 4.78 is 2.28. The van der Waals surface area contributed by atoms with Gasteiger partial charge in [-0.2, -0.15) is 0 Å². The van der Waals surface area contributed by atoms with Gasteiger partial charge >= 0.3 is 0 Å². The van der Waals surface area contributed by atoms with E-state index in [1.54, 1.807) is 0 Å². The van der Waals surface area contributed by atoms with Crippen LogP contribution in [0, 0.1) is 0 Å².